The van der Waals surface area contributed by atoms with Crippen LogP contribution in [0.4, 0.5) is 4.79 Å². The van der Waals surface area contributed by atoms with E-state index in [0.29, 0.717) is 6.61 Å². The van der Waals surface area contributed by atoms with Gasteiger partial charge in [-0.3, -0.25) is 0 Å². The van der Waals surface area contributed by atoms with Crippen LogP contribution in [0.25, 0.3) is 10.9 Å². The number of ether oxygens (including phenoxy) is 1. The first-order chi connectivity index (χ1) is 15.9. The van der Waals surface area contributed by atoms with Crippen molar-refractivity contribution in [2.45, 2.75) is 25.7 Å². The molecule has 0 aliphatic rings. The first-order valence-electron chi connectivity index (χ1n) is 10.9. The lowest BCUT2D eigenvalue weighted by atomic mass is 10.0. The van der Waals surface area contributed by atoms with E-state index in [1.807, 2.05) is 77.5 Å². The van der Waals surface area contributed by atoms with E-state index in [0.717, 1.165) is 32.7 Å². The van der Waals surface area contributed by atoms with Crippen molar-refractivity contribution in [2.24, 2.45) is 0 Å². The molecule has 2 atom stereocenters. The molecule has 6 nitrogen and oxygen atoms in total. The number of likely N-dealkylation sites (N-methyl/N-ethyl adjacent to an activating group) is 1. The number of nitrogens with zero attached hydrogens (tertiary/aromatic N) is 2. The molecule has 0 aliphatic heterocycles. The largest absolute Gasteiger partial charge is 0.489 e. The number of hydrogen-bond donors (Lipinski definition) is 2. The maximum absolute atomic E-state index is 11.3. The second-order valence-corrected chi connectivity index (χ2v) is 8.31. The highest BCUT2D eigenvalue weighted by atomic mass is 16.5. The van der Waals surface area contributed by atoms with Crippen molar-refractivity contribution < 1.29 is 19.7 Å². The molecule has 0 radical (unpaired) electrons. The van der Waals surface area contributed by atoms with Gasteiger partial charge in [0.05, 0.1) is 18.7 Å². The summed E-state index contributed by atoms with van der Waals surface area (Å²) in [4.78, 5) is 12.4. The number of aryl methyl sites for hydroxylation is 1. The lowest BCUT2D eigenvalue weighted by Crippen LogP contribution is -2.38. The Hall–Kier alpha value is -3.77. The quantitative estimate of drug-likeness (QED) is 0.397. The number of benzene rings is 3. The Labute approximate surface area is 193 Å². The average molecular weight is 445 g/mol. The highest BCUT2D eigenvalue weighted by Crippen LogP contribution is 2.30. The Morgan fingerprint density at radius 2 is 1.82 bits per heavy atom. The third-order valence-corrected chi connectivity index (χ3v) is 5.77. The van der Waals surface area contributed by atoms with Crippen molar-refractivity contribution in [3.8, 4) is 5.75 Å². The molecule has 0 fully saturated rings. The number of fused-ring (bicyclic) bond motifs is 1. The van der Waals surface area contributed by atoms with Crippen LogP contribution < -0.4 is 4.74 Å². The minimum atomic E-state index is -1.08. The summed E-state index contributed by atoms with van der Waals surface area (Å²) in [6.07, 6.45) is -0.0774. The Morgan fingerprint density at radius 1 is 1.03 bits per heavy atom. The van der Waals surface area contributed by atoms with Crippen molar-refractivity contribution in [1.29, 1.82) is 0 Å². The van der Waals surface area contributed by atoms with Gasteiger partial charge in [-0.2, -0.15) is 0 Å². The molecule has 2 N–H and O–H groups in total. The number of carboxylic acid groups (broad SMARTS) is 1. The zero-order chi connectivity index (χ0) is 23.4. The van der Waals surface area contributed by atoms with Gasteiger partial charge >= 0.3 is 6.09 Å². The lowest BCUT2D eigenvalue weighted by molar-refractivity contribution is 0.0850. The predicted octanol–water partition coefficient (Wildman–Crippen LogP) is 5.09. The lowest BCUT2D eigenvalue weighted by Gasteiger charge is -2.28. The van der Waals surface area contributed by atoms with Crippen LogP contribution in [0, 0.1) is 6.92 Å². The van der Waals surface area contributed by atoms with Crippen LogP contribution in [0.3, 0.4) is 0 Å². The first-order valence-corrected chi connectivity index (χ1v) is 10.9. The van der Waals surface area contributed by atoms with Gasteiger partial charge in [0.1, 0.15) is 12.4 Å². The van der Waals surface area contributed by atoms with Gasteiger partial charge < -0.3 is 24.4 Å². The summed E-state index contributed by atoms with van der Waals surface area (Å²) in [6.45, 7) is 2.54. The molecule has 170 valence electrons. The van der Waals surface area contributed by atoms with Gasteiger partial charge in [-0.05, 0) is 42.3 Å². The van der Waals surface area contributed by atoms with Crippen LogP contribution in [0.1, 0.15) is 22.7 Å². The maximum atomic E-state index is 11.3. The number of aliphatic hydroxyl groups excluding tert-OH is 1. The average Bonchev–Trinajstić information content (AvgIpc) is 3.21. The fourth-order valence-electron chi connectivity index (χ4n) is 4.12. The summed E-state index contributed by atoms with van der Waals surface area (Å²) in [7, 11) is 1.46. The fraction of sp³-hybridized carbons (Fsp3) is 0.222. The second-order valence-electron chi connectivity index (χ2n) is 8.31. The maximum Gasteiger partial charge on any atom is 0.407 e. The molecule has 6 heteroatoms. The molecule has 33 heavy (non-hydrogen) atoms. The molecule has 0 saturated carbocycles. The molecular formula is C27H28N2O4. The third-order valence-electron chi connectivity index (χ3n) is 5.77. The summed E-state index contributed by atoms with van der Waals surface area (Å²) in [6, 6.07) is 25.3. The minimum absolute atomic E-state index is 0.00768. The summed E-state index contributed by atoms with van der Waals surface area (Å²) < 4.78 is 8.00. The third kappa shape index (κ3) is 5.18. The van der Waals surface area contributed by atoms with Gasteiger partial charge in [0, 0.05) is 24.1 Å². The minimum Gasteiger partial charge on any atom is -0.489 e. The topological polar surface area (TPSA) is 74.9 Å². The summed E-state index contributed by atoms with van der Waals surface area (Å²) in [5.74, 6) is 0.768. The normalized spacial score (nSPS) is 12.9. The van der Waals surface area contributed by atoms with Crippen molar-refractivity contribution in [2.75, 3.05) is 13.6 Å². The van der Waals surface area contributed by atoms with Crippen LogP contribution >= 0.6 is 0 Å². The number of rotatable bonds is 8. The number of hydrogen-bond acceptors (Lipinski definition) is 3. The van der Waals surface area contributed by atoms with Crippen LogP contribution in [-0.2, 0) is 6.61 Å². The Bertz CT molecular complexity index is 1240. The Balaban J connectivity index is 1.62. The van der Waals surface area contributed by atoms with E-state index in [9.17, 15) is 15.0 Å². The number of aliphatic hydroxyl groups is 1. The molecule has 0 unspecified atom stereocenters. The van der Waals surface area contributed by atoms with Crippen LogP contribution in [0.15, 0.2) is 85.1 Å². The van der Waals surface area contributed by atoms with Gasteiger partial charge in [0.2, 0.25) is 0 Å². The predicted molar refractivity (Wildman–Crippen MR) is 129 cm³/mol. The van der Waals surface area contributed by atoms with Crippen LogP contribution in [0.2, 0.25) is 0 Å². The monoisotopic (exact) mass is 444 g/mol. The van der Waals surface area contributed by atoms with E-state index in [4.69, 9.17) is 4.74 Å². The SMILES string of the molecule is Cc1cccc(COc2ccc3c(ccn3[C@@H](c3ccccc3)[C@H](O)CN(C)C(=O)O)c2)c1. The standard InChI is InChI=1S/C27H28N2O4/c1-19-7-6-8-20(15-19)18-33-23-11-12-24-22(16-23)13-14-29(24)26(21-9-4-3-5-10-21)25(30)17-28(2)27(31)32/h3-16,25-26,30H,17-18H2,1-2H3,(H,31,32)/t25-,26+/m1/s1. The molecule has 0 saturated heterocycles. The van der Waals surface area contributed by atoms with Crippen molar-refractivity contribution in [3.63, 3.8) is 0 Å². The van der Waals surface area contributed by atoms with Gasteiger partial charge in [-0.1, -0.05) is 60.2 Å². The van der Waals surface area contributed by atoms with E-state index in [-0.39, 0.29) is 6.54 Å². The molecule has 1 heterocycles. The number of aromatic nitrogens is 1. The summed E-state index contributed by atoms with van der Waals surface area (Å²) >= 11 is 0. The van der Waals surface area contributed by atoms with Gasteiger partial charge in [-0.25, -0.2) is 4.79 Å². The smallest absolute Gasteiger partial charge is 0.407 e. The summed E-state index contributed by atoms with van der Waals surface area (Å²) in [5.41, 5.74) is 4.15. The highest BCUT2D eigenvalue weighted by molar-refractivity contribution is 5.82. The van der Waals surface area contributed by atoms with Gasteiger partial charge in [0.15, 0.2) is 0 Å². The molecule has 1 amide bonds. The molecule has 3 aromatic carbocycles. The molecule has 4 aromatic rings. The zero-order valence-corrected chi connectivity index (χ0v) is 18.8. The van der Waals surface area contributed by atoms with E-state index in [1.54, 1.807) is 0 Å². The molecule has 1 aromatic heterocycles. The van der Waals surface area contributed by atoms with Crippen LogP contribution in [0.5, 0.6) is 5.75 Å². The Morgan fingerprint density at radius 3 is 2.55 bits per heavy atom. The van der Waals surface area contributed by atoms with Crippen molar-refractivity contribution >= 4 is 17.0 Å². The Kier molecular flexibility index (Phi) is 6.66. The summed E-state index contributed by atoms with van der Waals surface area (Å²) in [5, 5.41) is 21.3. The highest BCUT2D eigenvalue weighted by Gasteiger charge is 2.26. The van der Waals surface area contributed by atoms with Crippen LogP contribution in [-0.4, -0.2) is 45.5 Å². The van der Waals surface area contributed by atoms with E-state index in [1.165, 1.54) is 12.6 Å². The molecule has 0 spiro atoms. The van der Waals surface area contributed by atoms with Crippen molar-refractivity contribution in [3.05, 3.63) is 102 Å². The van der Waals surface area contributed by atoms with Gasteiger partial charge in [-0.15, -0.1) is 0 Å². The van der Waals surface area contributed by atoms with E-state index < -0.39 is 18.2 Å². The van der Waals surface area contributed by atoms with E-state index >= 15 is 0 Å². The van der Waals surface area contributed by atoms with Gasteiger partial charge in [0.25, 0.3) is 0 Å². The molecule has 0 bridgehead atoms. The molecule has 0 aliphatic carbocycles. The number of carbonyl (C=O) groups is 1. The number of amides is 1. The zero-order valence-electron chi connectivity index (χ0n) is 18.8. The second kappa shape index (κ2) is 9.79. The van der Waals surface area contributed by atoms with E-state index in [2.05, 4.69) is 19.1 Å². The van der Waals surface area contributed by atoms with Crippen molar-refractivity contribution in [1.82, 2.24) is 9.47 Å². The molecule has 4 rings (SSSR count). The fourth-order valence-corrected chi connectivity index (χ4v) is 4.12. The molecular weight excluding hydrogens is 416 g/mol. The first kappa shape index (κ1) is 22.4.